The molecule has 0 bridgehead atoms. The third-order valence-corrected chi connectivity index (χ3v) is 5.53. The molecule has 0 radical (unpaired) electrons. The van der Waals surface area contributed by atoms with Gasteiger partial charge < -0.3 is 5.32 Å². The van der Waals surface area contributed by atoms with Crippen molar-refractivity contribution in [3.8, 4) is 0 Å². The molecule has 3 heteroatoms. The normalized spacial score (nSPS) is 17.9. The van der Waals surface area contributed by atoms with E-state index in [4.69, 9.17) is 11.6 Å². The Morgan fingerprint density at radius 2 is 2.00 bits per heavy atom. The maximum absolute atomic E-state index is 6.03. The lowest BCUT2D eigenvalue weighted by atomic mass is 9.78. The van der Waals surface area contributed by atoms with Crippen LogP contribution in [0.2, 0.25) is 5.02 Å². The Morgan fingerprint density at radius 3 is 2.60 bits per heavy atom. The van der Waals surface area contributed by atoms with E-state index < -0.39 is 0 Å². The van der Waals surface area contributed by atoms with Crippen LogP contribution in [-0.4, -0.2) is 6.54 Å². The van der Waals surface area contributed by atoms with Crippen molar-refractivity contribution >= 4 is 27.5 Å². The van der Waals surface area contributed by atoms with Crippen LogP contribution in [0.3, 0.4) is 0 Å². The van der Waals surface area contributed by atoms with Crippen molar-refractivity contribution in [2.75, 3.05) is 6.54 Å². The minimum absolute atomic E-state index is 0.540. The highest BCUT2D eigenvalue weighted by Crippen LogP contribution is 2.42. The summed E-state index contributed by atoms with van der Waals surface area (Å²) in [4.78, 5) is 0. The molecule has 0 heterocycles. The molecular formula is C17H25BrClN. The van der Waals surface area contributed by atoms with Gasteiger partial charge in [0.25, 0.3) is 0 Å². The standard InChI is InChI=1S/C17H25BrClN/c1-13(2)10-17(7-3-4-8-17)12-20-11-14-5-6-16(19)15(18)9-14/h5-6,9,13,20H,3-4,7-8,10-12H2,1-2H3. The number of nitrogens with one attached hydrogen (secondary N) is 1. The minimum atomic E-state index is 0.540. The van der Waals surface area contributed by atoms with Crippen LogP contribution in [0, 0.1) is 11.3 Å². The zero-order chi connectivity index (χ0) is 14.6. The van der Waals surface area contributed by atoms with E-state index in [1.54, 1.807) is 0 Å². The number of benzene rings is 1. The van der Waals surface area contributed by atoms with Gasteiger partial charge in [-0.05, 0) is 64.2 Å². The van der Waals surface area contributed by atoms with Gasteiger partial charge in [0.05, 0.1) is 5.02 Å². The highest BCUT2D eigenvalue weighted by Gasteiger charge is 2.33. The third-order valence-electron chi connectivity index (χ3n) is 4.32. The second-order valence-corrected chi connectivity index (χ2v) is 7.92. The Bertz CT molecular complexity index is 439. The lowest BCUT2D eigenvalue weighted by Gasteiger charge is -2.31. The fourth-order valence-electron chi connectivity index (χ4n) is 3.57. The predicted molar refractivity (Wildman–Crippen MR) is 91.2 cm³/mol. The summed E-state index contributed by atoms with van der Waals surface area (Å²) in [5.41, 5.74) is 1.83. The first-order valence-electron chi connectivity index (χ1n) is 7.65. The van der Waals surface area contributed by atoms with Crippen LogP contribution in [0.1, 0.15) is 51.5 Å². The van der Waals surface area contributed by atoms with E-state index in [0.29, 0.717) is 5.41 Å². The van der Waals surface area contributed by atoms with Crippen LogP contribution >= 0.6 is 27.5 Å². The number of halogens is 2. The van der Waals surface area contributed by atoms with Gasteiger partial charge >= 0.3 is 0 Å². The fourth-order valence-corrected chi connectivity index (χ4v) is 4.11. The Kier molecular flexibility index (Phi) is 5.95. The van der Waals surface area contributed by atoms with Gasteiger partial charge in [-0.15, -0.1) is 0 Å². The highest BCUT2D eigenvalue weighted by atomic mass is 79.9. The summed E-state index contributed by atoms with van der Waals surface area (Å²) in [5, 5.41) is 4.45. The molecule has 20 heavy (non-hydrogen) atoms. The minimum Gasteiger partial charge on any atom is -0.312 e. The maximum Gasteiger partial charge on any atom is 0.0548 e. The molecule has 1 aromatic carbocycles. The SMILES string of the molecule is CC(C)CC1(CNCc2ccc(Cl)c(Br)c2)CCCC1. The molecule has 0 saturated heterocycles. The van der Waals surface area contributed by atoms with Gasteiger partial charge in [0.15, 0.2) is 0 Å². The van der Waals surface area contributed by atoms with Crippen LogP contribution in [0.15, 0.2) is 22.7 Å². The third kappa shape index (κ3) is 4.47. The molecule has 0 aromatic heterocycles. The molecule has 0 atom stereocenters. The van der Waals surface area contributed by atoms with Gasteiger partial charge in [-0.2, -0.15) is 0 Å². The smallest absolute Gasteiger partial charge is 0.0548 e. The van der Waals surface area contributed by atoms with E-state index in [0.717, 1.165) is 28.5 Å². The van der Waals surface area contributed by atoms with E-state index in [9.17, 15) is 0 Å². The summed E-state index contributed by atoms with van der Waals surface area (Å²) in [6.45, 7) is 6.76. The topological polar surface area (TPSA) is 12.0 Å². The summed E-state index contributed by atoms with van der Waals surface area (Å²) in [6.07, 6.45) is 6.94. The van der Waals surface area contributed by atoms with Gasteiger partial charge in [0.2, 0.25) is 0 Å². The second-order valence-electron chi connectivity index (χ2n) is 6.66. The molecule has 0 aliphatic heterocycles. The lowest BCUT2D eigenvalue weighted by Crippen LogP contribution is -2.33. The van der Waals surface area contributed by atoms with E-state index in [2.05, 4.69) is 47.2 Å². The van der Waals surface area contributed by atoms with Crippen LogP contribution in [-0.2, 0) is 6.54 Å². The summed E-state index contributed by atoms with van der Waals surface area (Å²) >= 11 is 9.52. The van der Waals surface area contributed by atoms with E-state index in [-0.39, 0.29) is 0 Å². The average molecular weight is 359 g/mol. The van der Waals surface area contributed by atoms with E-state index >= 15 is 0 Å². The van der Waals surface area contributed by atoms with Crippen molar-refractivity contribution < 1.29 is 0 Å². The Morgan fingerprint density at radius 1 is 1.30 bits per heavy atom. The van der Waals surface area contributed by atoms with Gasteiger partial charge in [0, 0.05) is 17.6 Å². The Labute approximate surface area is 136 Å². The monoisotopic (exact) mass is 357 g/mol. The molecule has 1 aliphatic carbocycles. The molecule has 1 nitrogen and oxygen atoms in total. The van der Waals surface area contributed by atoms with Crippen molar-refractivity contribution in [3.05, 3.63) is 33.3 Å². The molecule has 1 saturated carbocycles. The van der Waals surface area contributed by atoms with Crippen molar-refractivity contribution in [2.24, 2.45) is 11.3 Å². The van der Waals surface area contributed by atoms with Crippen LogP contribution in [0.25, 0.3) is 0 Å². The predicted octanol–water partition coefficient (Wildman–Crippen LogP) is 5.80. The van der Waals surface area contributed by atoms with E-state index in [1.165, 1.54) is 37.7 Å². The molecule has 0 amide bonds. The van der Waals surface area contributed by atoms with Crippen molar-refractivity contribution in [3.63, 3.8) is 0 Å². The molecule has 0 unspecified atom stereocenters. The van der Waals surface area contributed by atoms with Gasteiger partial charge in [0.1, 0.15) is 0 Å². The molecule has 0 spiro atoms. The lowest BCUT2D eigenvalue weighted by molar-refractivity contribution is 0.223. The van der Waals surface area contributed by atoms with Crippen molar-refractivity contribution in [1.29, 1.82) is 0 Å². The molecule has 1 aromatic rings. The zero-order valence-electron chi connectivity index (χ0n) is 12.5. The number of hydrogen-bond donors (Lipinski definition) is 1. The number of hydrogen-bond acceptors (Lipinski definition) is 1. The molecule has 1 fully saturated rings. The highest BCUT2D eigenvalue weighted by molar-refractivity contribution is 9.10. The van der Waals surface area contributed by atoms with Crippen molar-refractivity contribution in [1.82, 2.24) is 5.32 Å². The van der Waals surface area contributed by atoms with Crippen LogP contribution in [0.5, 0.6) is 0 Å². The van der Waals surface area contributed by atoms with Gasteiger partial charge in [-0.1, -0.05) is 44.4 Å². The summed E-state index contributed by atoms with van der Waals surface area (Å²) in [5.74, 6) is 0.791. The second kappa shape index (κ2) is 7.29. The quantitative estimate of drug-likeness (QED) is 0.677. The summed E-state index contributed by atoms with van der Waals surface area (Å²) < 4.78 is 0.983. The fraction of sp³-hybridized carbons (Fsp3) is 0.647. The summed E-state index contributed by atoms with van der Waals surface area (Å²) in [7, 11) is 0. The molecule has 2 rings (SSSR count). The zero-order valence-corrected chi connectivity index (χ0v) is 14.9. The van der Waals surface area contributed by atoms with Crippen LogP contribution in [0.4, 0.5) is 0 Å². The molecule has 1 aliphatic rings. The van der Waals surface area contributed by atoms with Crippen molar-refractivity contribution in [2.45, 2.75) is 52.5 Å². The first-order valence-corrected chi connectivity index (χ1v) is 8.82. The first-order chi connectivity index (χ1) is 9.51. The largest absolute Gasteiger partial charge is 0.312 e. The first kappa shape index (κ1) is 16.3. The Balaban J connectivity index is 1.88. The van der Waals surface area contributed by atoms with Gasteiger partial charge in [-0.3, -0.25) is 0 Å². The van der Waals surface area contributed by atoms with Crippen LogP contribution < -0.4 is 5.32 Å². The van der Waals surface area contributed by atoms with Gasteiger partial charge in [-0.25, -0.2) is 0 Å². The maximum atomic E-state index is 6.03. The summed E-state index contributed by atoms with van der Waals surface area (Å²) in [6, 6.07) is 6.17. The molecule has 112 valence electrons. The average Bonchev–Trinajstić information content (AvgIpc) is 2.81. The van der Waals surface area contributed by atoms with E-state index in [1.807, 2.05) is 6.07 Å². The molecule has 1 N–H and O–H groups in total. The Hall–Kier alpha value is -0.0500. The molecular weight excluding hydrogens is 334 g/mol. The number of rotatable bonds is 6.